The average Bonchev–Trinajstić information content (AvgIpc) is 3.33. The summed E-state index contributed by atoms with van der Waals surface area (Å²) in [5, 5.41) is 6.33. The van der Waals surface area contributed by atoms with Crippen molar-refractivity contribution >= 4 is 54.5 Å². The van der Waals surface area contributed by atoms with Crippen LogP contribution < -0.4 is 5.32 Å². The third kappa shape index (κ3) is 3.39. The summed E-state index contributed by atoms with van der Waals surface area (Å²) in [5.41, 5.74) is 3.37. The van der Waals surface area contributed by atoms with Crippen LogP contribution >= 0.6 is 22.7 Å². The molecule has 1 fully saturated rings. The molecule has 1 aliphatic heterocycles. The van der Waals surface area contributed by atoms with Gasteiger partial charge in [-0.3, -0.25) is 4.79 Å². The van der Waals surface area contributed by atoms with E-state index in [1.54, 1.807) is 33.7 Å². The third-order valence-corrected chi connectivity index (χ3v) is 8.09. The summed E-state index contributed by atoms with van der Waals surface area (Å²) in [5.74, 6) is -0.248. The highest BCUT2D eigenvalue weighted by Crippen LogP contribution is 2.27. The number of thiophene rings is 1. The van der Waals surface area contributed by atoms with E-state index in [4.69, 9.17) is 0 Å². The van der Waals surface area contributed by atoms with Crippen molar-refractivity contribution in [1.82, 2.24) is 9.29 Å². The number of hydrogen-bond donors (Lipinski definition) is 1. The quantitative estimate of drug-likeness (QED) is 0.719. The molecule has 26 heavy (non-hydrogen) atoms. The van der Waals surface area contributed by atoms with E-state index in [0.717, 1.165) is 15.9 Å². The van der Waals surface area contributed by atoms with Gasteiger partial charge in [-0.15, -0.1) is 11.3 Å². The van der Waals surface area contributed by atoms with Gasteiger partial charge in [0.05, 0.1) is 20.6 Å². The van der Waals surface area contributed by atoms with Crippen LogP contribution in [-0.2, 0) is 14.8 Å². The van der Waals surface area contributed by atoms with Gasteiger partial charge in [0.2, 0.25) is 15.9 Å². The summed E-state index contributed by atoms with van der Waals surface area (Å²) in [7, 11) is -3.44. The number of thiazole rings is 1. The fraction of sp³-hybridized carbons (Fsp3) is 0.294. The van der Waals surface area contributed by atoms with Gasteiger partial charge in [-0.25, -0.2) is 13.4 Å². The van der Waals surface area contributed by atoms with Crippen molar-refractivity contribution in [3.05, 3.63) is 40.5 Å². The molecule has 6 nitrogen and oxygen atoms in total. The molecule has 0 aliphatic carbocycles. The van der Waals surface area contributed by atoms with Crippen LogP contribution in [0.4, 0.5) is 5.69 Å². The zero-order chi connectivity index (χ0) is 18.1. The monoisotopic (exact) mass is 407 g/mol. The molecule has 136 valence electrons. The Balaban J connectivity index is 1.39. The highest BCUT2D eigenvalue weighted by Gasteiger charge is 2.32. The van der Waals surface area contributed by atoms with Gasteiger partial charge in [-0.05, 0) is 42.5 Å². The van der Waals surface area contributed by atoms with Crippen LogP contribution in [0.3, 0.4) is 0 Å². The van der Waals surface area contributed by atoms with Crippen molar-refractivity contribution in [3.63, 3.8) is 0 Å². The number of carbonyl (C=O) groups excluding carboxylic acids is 1. The molecule has 2 aromatic heterocycles. The zero-order valence-electron chi connectivity index (χ0n) is 13.8. The molecular formula is C17H17N3O3S3. The number of anilines is 1. The summed E-state index contributed by atoms with van der Waals surface area (Å²) >= 11 is 2.92. The van der Waals surface area contributed by atoms with E-state index in [1.807, 2.05) is 18.2 Å². The minimum Gasteiger partial charge on any atom is -0.326 e. The predicted molar refractivity (Wildman–Crippen MR) is 104 cm³/mol. The van der Waals surface area contributed by atoms with E-state index in [2.05, 4.69) is 10.3 Å². The van der Waals surface area contributed by atoms with Crippen LogP contribution in [0.1, 0.15) is 12.8 Å². The Morgan fingerprint density at radius 1 is 1.23 bits per heavy atom. The summed E-state index contributed by atoms with van der Waals surface area (Å²) < 4.78 is 27.6. The first-order valence-corrected chi connectivity index (χ1v) is 11.5. The highest BCUT2D eigenvalue weighted by atomic mass is 32.2. The highest BCUT2D eigenvalue weighted by molar-refractivity contribution is 7.89. The van der Waals surface area contributed by atoms with Gasteiger partial charge in [0.15, 0.2) is 0 Å². The molecule has 0 bridgehead atoms. The van der Waals surface area contributed by atoms with Crippen molar-refractivity contribution in [2.45, 2.75) is 17.7 Å². The van der Waals surface area contributed by atoms with Crippen LogP contribution in [0.5, 0.6) is 0 Å². The second kappa shape index (κ2) is 7.07. The number of nitrogens with zero attached hydrogens (tertiary/aromatic N) is 2. The molecule has 1 N–H and O–H groups in total. The fourth-order valence-electron chi connectivity index (χ4n) is 3.09. The van der Waals surface area contributed by atoms with Crippen molar-refractivity contribution in [3.8, 4) is 0 Å². The first-order valence-electron chi connectivity index (χ1n) is 8.20. The second-order valence-corrected chi connectivity index (χ2v) is 9.77. The molecule has 3 heterocycles. The van der Waals surface area contributed by atoms with Crippen molar-refractivity contribution in [1.29, 1.82) is 0 Å². The number of nitrogens with one attached hydrogen (secondary N) is 1. The Morgan fingerprint density at radius 2 is 2.04 bits per heavy atom. The van der Waals surface area contributed by atoms with Gasteiger partial charge in [-0.2, -0.15) is 15.6 Å². The van der Waals surface area contributed by atoms with Crippen molar-refractivity contribution < 1.29 is 13.2 Å². The van der Waals surface area contributed by atoms with Gasteiger partial charge in [-0.1, -0.05) is 0 Å². The van der Waals surface area contributed by atoms with E-state index < -0.39 is 10.0 Å². The van der Waals surface area contributed by atoms with Crippen LogP contribution in [0.25, 0.3) is 10.2 Å². The van der Waals surface area contributed by atoms with Gasteiger partial charge in [0.1, 0.15) is 0 Å². The topological polar surface area (TPSA) is 79.4 Å². The number of benzene rings is 1. The molecule has 1 aliphatic rings. The summed E-state index contributed by atoms with van der Waals surface area (Å²) in [6.45, 7) is 0.725. The maximum absolute atomic E-state index is 12.5. The number of aromatic nitrogens is 1. The van der Waals surface area contributed by atoms with Gasteiger partial charge >= 0.3 is 0 Å². The Morgan fingerprint density at radius 3 is 2.77 bits per heavy atom. The Hall–Kier alpha value is -1.81. The number of amides is 1. The minimum atomic E-state index is -3.44. The smallest absolute Gasteiger partial charge is 0.243 e. The first-order chi connectivity index (χ1) is 12.5. The van der Waals surface area contributed by atoms with Crippen LogP contribution in [0.15, 0.2) is 45.4 Å². The zero-order valence-corrected chi connectivity index (χ0v) is 16.2. The molecule has 3 aromatic rings. The number of fused-ring (bicyclic) bond motifs is 1. The molecule has 0 radical (unpaired) electrons. The number of hydrogen-bond acceptors (Lipinski definition) is 6. The van der Waals surface area contributed by atoms with E-state index >= 15 is 0 Å². The van der Waals surface area contributed by atoms with Gasteiger partial charge in [0.25, 0.3) is 0 Å². The minimum absolute atomic E-state index is 0.0628. The summed E-state index contributed by atoms with van der Waals surface area (Å²) in [6.07, 6.45) is 1.04. The molecule has 1 aromatic carbocycles. The lowest BCUT2D eigenvalue weighted by atomic mass is 9.97. The number of piperidine rings is 1. The number of sulfonamides is 1. The maximum Gasteiger partial charge on any atom is 0.243 e. The molecule has 0 saturated carbocycles. The lowest BCUT2D eigenvalue weighted by molar-refractivity contribution is -0.120. The molecule has 0 atom stereocenters. The van der Waals surface area contributed by atoms with Gasteiger partial charge < -0.3 is 5.32 Å². The molecule has 4 rings (SSSR count). The van der Waals surface area contributed by atoms with Crippen molar-refractivity contribution in [2.75, 3.05) is 18.4 Å². The molecule has 1 saturated heterocycles. The molecular weight excluding hydrogens is 390 g/mol. The Bertz CT molecular complexity index is 1020. The SMILES string of the molecule is O=C(Nc1ccc2scnc2c1)C1CCN(S(=O)(=O)c2ccsc2)CC1. The van der Waals surface area contributed by atoms with E-state index in [0.29, 0.717) is 30.8 Å². The van der Waals surface area contributed by atoms with E-state index in [1.165, 1.54) is 15.6 Å². The largest absolute Gasteiger partial charge is 0.326 e. The molecule has 9 heteroatoms. The van der Waals surface area contributed by atoms with Crippen LogP contribution in [0.2, 0.25) is 0 Å². The van der Waals surface area contributed by atoms with Gasteiger partial charge in [0, 0.05) is 30.1 Å². The normalized spacial score (nSPS) is 16.8. The molecule has 1 amide bonds. The average molecular weight is 408 g/mol. The van der Waals surface area contributed by atoms with E-state index in [-0.39, 0.29) is 11.8 Å². The van der Waals surface area contributed by atoms with Crippen LogP contribution in [-0.4, -0.2) is 36.7 Å². The fourth-order valence-corrected chi connectivity index (χ4v) is 6.23. The molecule has 0 unspecified atom stereocenters. The number of rotatable bonds is 4. The van der Waals surface area contributed by atoms with E-state index in [9.17, 15) is 13.2 Å². The first kappa shape index (κ1) is 17.6. The Kier molecular flexibility index (Phi) is 4.78. The predicted octanol–water partition coefficient (Wildman–Crippen LogP) is 3.40. The summed E-state index contributed by atoms with van der Waals surface area (Å²) in [6, 6.07) is 7.29. The lowest BCUT2D eigenvalue weighted by Gasteiger charge is -2.30. The molecule has 0 spiro atoms. The maximum atomic E-state index is 12.5. The third-order valence-electron chi connectivity index (χ3n) is 4.56. The van der Waals surface area contributed by atoms with Crippen LogP contribution in [0, 0.1) is 5.92 Å². The number of carbonyl (C=O) groups is 1. The lowest BCUT2D eigenvalue weighted by Crippen LogP contribution is -2.41. The van der Waals surface area contributed by atoms with Crippen molar-refractivity contribution in [2.24, 2.45) is 5.92 Å². The second-order valence-electron chi connectivity index (χ2n) is 6.16. The Labute approximate surface area is 159 Å². The summed E-state index contributed by atoms with van der Waals surface area (Å²) in [4.78, 5) is 17.1. The standard InChI is InChI=1S/C17H17N3O3S3/c21-17(19-13-1-2-16-15(9-13)18-11-25-16)12-3-6-20(7-4-12)26(22,23)14-5-8-24-10-14/h1-2,5,8-12H,3-4,6-7H2,(H,19,21).